The van der Waals surface area contributed by atoms with Gasteiger partial charge in [-0.05, 0) is 19.1 Å². The van der Waals surface area contributed by atoms with Crippen LogP contribution >= 0.6 is 11.6 Å². The normalized spacial score (nSPS) is 15.6. The Bertz CT molecular complexity index is 276. The van der Waals surface area contributed by atoms with Crippen molar-refractivity contribution in [1.82, 2.24) is 0 Å². The smallest absolute Gasteiger partial charge is 0.200 e. The van der Waals surface area contributed by atoms with Crippen LogP contribution in [0.4, 0.5) is 0 Å². The summed E-state index contributed by atoms with van der Waals surface area (Å²) >= 11 is 5.77. The molecule has 1 aromatic rings. The summed E-state index contributed by atoms with van der Waals surface area (Å²) in [7, 11) is 0. The van der Waals surface area contributed by atoms with Crippen LogP contribution < -0.4 is 0 Å². The maximum atomic E-state index is 9.60. The molecule has 0 aliphatic rings. The standard InChI is InChI=1S/C9H11ClO2/c1-3-6-9(10,11)8-5-4-7(2)12-8/h3-5,11H,1,6H2,2H3. The summed E-state index contributed by atoms with van der Waals surface area (Å²) < 4.78 is 5.17. The van der Waals surface area contributed by atoms with Gasteiger partial charge in [-0.25, -0.2) is 0 Å². The van der Waals surface area contributed by atoms with E-state index in [1.165, 1.54) is 0 Å². The fourth-order valence-corrected chi connectivity index (χ4v) is 1.14. The Morgan fingerprint density at radius 1 is 1.75 bits per heavy atom. The molecule has 66 valence electrons. The number of hydrogen-bond acceptors (Lipinski definition) is 2. The van der Waals surface area contributed by atoms with E-state index in [2.05, 4.69) is 6.58 Å². The molecular weight excluding hydrogens is 176 g/mol. The van der Waals surface area contributed by atoms with E-state index in [4.69, 9.17) is 16.0 Å². The van der Waals surface area contributed by atoms with Gasteiger partial charge in [0.25, 0.3) is 0 Å². The highest BCUT2D eigenvalue weighted by molar-refractivity contribution is 6.22. The summed E-state index contributed by atoms with van der Waals surface area (Å²) in [4.78, 5) is 0. The van der Waals surface area contributed by atoms with Crippen molar-refractivity contribution in [2.45, 2.75) is 18.4 Å². The van der Waals surface area contributed by atoms with Gasteiger partial charge in [-0.3, -0.25) is 0 Å². The van der Waals surface area contributed by atoms with Gasteiger partial charge in [0.05, 0.1) is 0 Å². The van der Waals surface area contributed by atoms with Crippen LogP contribution in [0.5, 0.6) is 0 Å². The molecule has 0 aliphatic carbocycles. The lowest BCUT2D eigenvalue weighted by molar-refractivity contribution is 0.104. The van der Waals surface area contributed by atoms with Crippen LogP contribution in [0.15, 0.2) is 29.2 Å². The molecule has 1 unspecified atom stereocenters. The van der Waals surface area contributed by atoms with E-state index in [0.29, 0.717) is 5.76 Å². The van der Waals surface area contributed by atoms with E-state index >= 15 is 0 Å². The zero-order valence-corrected chi connectivity index (χ0v) is 7.64. The summed E-state index contributed by atoms with van der Waals surface area (Å²) in [6.07, 6.45) is 1.81. The third kappa shape index (κ3) is 1.90. The lowest BCUT2D eigenvalue weighted by Gasteiger charge is -2.15. The van der Waals surface area contributed by atoms with E-state index in [1.807, 2.05) is 0 Å². The number of alkyl halides is 1. The molecule has 0 radical (unpaired) electrons. The molecule has 1 rings (SSSR count). The maximum absolute atomic E-state index is 9.60. The fraction of sp³-hybridized carbons (Fsp3) is 0.333. The molecule has 0 amide bonds. The first-order chi connectivity index (χ1) is 5.56. The van der Waals surface area contributed by atoms with Crippen molar-refractivity contribution >= 4 is 11.6 Å². The second kappa shape index (κ2) is 3.33. The Labute approximate surface area is 76.5 Å². The number of rotatable bonds is 3. The van der Waals surface area contributed by atoms with Crippen LogP contribution in [-0.4, -0.2) is 5.11 Å². The molecule has 12 heavy (non-hydrogen) atoms. The van der Waals surface area contributed by atoms with Crippen molar-refractivity contribution < 1.29 is 9.52 Å². The first-order valence-corrected chi connectivity index (χ1v) is 4.03. The van der Waals surface area contributed by atoms with Gasteiger partial charge < -0.3 is 9.52 Å². The quantitative estimate of drug-likeness (QED) is 0.582. The Balaban J connectivity index is 2.88. The average molecular weight is 187 g/mol. The van der Waals surface area contributed by atoms with Gasteiger partial charge in [0.2, 0.25) is 0 Å². The highest BCUT2D eigenvalue weighted by Crippen LogP contribution is 2.30. The Morgan fingerprint density at radius 2 is 2.42 bits per heavy atom. The minimum absolute atomic E-state index is 0.265. The third-order valence-corrected chi connectivity index (χ3v) is 1.87. The molecule has 0 bridgehead atoms. The van der Waals surface area contributed by atoms with Gasteiger partial charge in [-0.1, -0.05) is 17.7 Å². The maximum Gasteiger partial charge on any atom is 0.200 e. The van der Waals surface area contributed by atoms with Crippen molar-refractivity contribution in [2.75, 3.05) is 0 Å². The number of halogens is 1. The first kappa shape index (κ1) is 9.36. The van der Waals surface area contributed by atoms with Crippen LogP contribution in [-0.2, 0) is 5.06 Å². The SMILES string of the molecule is C=CCC(O)(Cl)c1ccc(C)o1. The lowest BCUT2D eigenvalue weighted by atomic mass is 10.2. The van der Waals surface area contributed by atoms with Crippen molar-refractivity contribution in [2.24, 2.45) is 0 Å². The molecule has 0 aromatic carbocycles. The Morgan fingerprint density at radius 3 is 2.83 bits per heavy atom. The minimum Gasteiger partial charge on any atom is -0.462 e. The van der Waals surface area contributed by atoms with E-state index in [-0.39, 0.29) is 6.42 Å². The predicted molar refractivity (Wildman–Crippen MR) is 48.0 cm³/mol. The van der Waals surface area contributed by atoms with Crippen LogP contribution in [0.3, 0.4) is 0 Å². The minimum atomic E-state index is -1.45. The largest absolute Gasteiger partial charge is 0.462 e. The van der Waals surface area contributed by atoms with Crippen molar-refractivity contribution in [3.63, 3.8) is 0 Å². The van der Waals surface area contributed by atoms with E-state index in [9.17, 15) is 5.11 Å². The second-order valence-corrected chi connectivity index (χ2v) is 3.29. The first-order valence-electron chi connectivity index (χ1n) is 3.65. The van der Waals surface area contributed by atoms with E-state index < -0.39 is 5.06 Å². The average Bonchev–Trinajstić information content (AvgIpc) is 2.36. The zero-order chi connectivity index (χ0) is 9.19. The topological polar surface area (TPSA) is 33.4 Å². The number of hydrogen-bond donors (Lipinski definition) is 1. The Kier molecular flexibility index (Phi) is 2.60. The van der Waals surface area contributed by atoms with Gasteiger partial charge in [-0.2, -0.15) is 0 Å². The van der Waals surface area contributed by atoms with Crippen molar-refractivity contribution in [3.05, 3.63) is 36.3 Å². The summed E-state index contributed by atoms with van der Waals surface area (Å²) in [5.74, 6) is 1.09. The summed E-state index contributed by atoms with van der Waals surface area (Å²) in [5.41, 5.74) is 0. The zero-order valence-electron chi connectivity index (χ0n) is 6.88. The molecule has 3 heteroatoms. The highest BCUT2D eigenvalue weighted by Gasteiger charge is 2.27. The number of aliphatic hydroxyl groups is 1. The molecule has 1 heterocycles. The monoisotopic (exact) mass is 186 g/mol. The fourth-order valence-electron chi connectivity index (χ4n) is 0.932. The summed E-state index contributed by atoms with van der Waals surface area (Å²) in [6.45, 7) is 5.29. The molecular formula is C9H11ClO2. The van der Waals surface area contributed by atoms with Gasteiger partial charge >= 0.3 is 0 Å². The molecule has 2 nitrogen and oxygen atoms in total. The van der Waals surface area contributed by atoms with E-state index in [1.54, 1.807) is 25.1 Å². The second-order valence-electron chi connectivity index (χ2n) is 2.66. The molecule has 1 N–H and O–H groups in total. The molecule has 1 aromatic heterocycles. The van der Waals surface area contributed by atoms with Gasteiger partial charge in [0, 0.05) is 6.42 Å². The molecule has 0 spiro atoms. The molecule has 0 aliphatic heterocycles. The summed E-state index contributed by atoms with van der Waals surface area (Å²) in [6, 6.07) is 3.41. The van der Waals surface area contributed by atoms with Crippen LogP contribution in [0.25, 0.3) is 0 Å². The van der Waals surface area contributed by atoms with Crippen molar-refractivity contribution in [3.8, 4) is 0 Å². The van der Waals surface area contributed by atoms with Crippen molar-refractivity contribution in [1.29, 1.82) is 0 Å². The summed E-state index contributed by atoms with van der Waals surface area (Å²) in [5, 5.41) is 8.15. The van der Waals surface area contributed by atoms with Crippen LogP contribution in [0, 0.1) is 6.92 Å². The van der Waals surface area contributed by atoms with Gasteiger partial charge in [0.1, 0.15) is 5.76 Å². The lowest BCUT2D eigenvalue weighted by Crippen LogP contribution is -2.15. The van der Waals surface area contributed by atoms with Crippen LogP contribution in [0.2, 0.25) is 0 Å². The molecule has 0 saturated carbocycles. The van der Waals surface area contributed by atoms with Gasteiger partial charge in [0.15, 0.2) is 10.8 Å². The number of aryl methyl sites for hydroxylation is 1. The molecule has 1 atom stereocenters. The predicted octanol–water partition coefficient (Wildman–Crippen LogP) is 2.55. The molecule has 0 fully saturated rings. The van der Waals surface area contributed by atoms with Crippen LogP contribution in [0.1, 0.15) is 17.9 Å². The highest BCUT2D eigenvalue weighted by atomic mass is 35.5. The van der Waals surface area contributed by atoms with E-state index in [0.717, 1.165) is 5.76 Å². The molecule has 0 saturated heterocycles. The van der Waals surface area contributed by atoms with Gasteiger partial charge in [-0.15, -0.1) is 6.58 Å². The number of furan rings is 1. The Hall–Kier alpha value is -0.730. The third-order valence-electron chi connectivity index (χ3n) is 1.53.